The molecule has 0 aliphatic heterocycles. The van der Waals surface area contributed by atoms with Gasteiger partial charge in [-0.05, 0) is 24.1 Å². The summed E-state index contributed by atoms with van der Waals surface area (Å²) in [4.78, 5) is 8.42. The Morgan fingerprint density at radius 2 is 1.79 bits per heavy atom. The lowest BCUT2D eigenvalue weighted by Gasteiger charge is -2.13. The largest absolute Gasteiger partial charge is 0.383 e. The summed E-state index contributed by atoms with van der Waals surface area (Å²) < 4.78 is 1.65. The summed E-state index contributed by atoms with van der Waals surface area (Å²) in [7, 11) is 0. The minimum Gasteiger partial charge on any atom is -0.383 e. The third-order valence-electron chi connectivity index (χ3n) is 4.41. The van der Waals surface area contributed by atoms with Crippen molar-refractivity contribution in [3.63, 3.8) is 0 Å². The second kappa shape index (κ2) is 7.28. The van der Waals surface area contributed by atoms with Crippen LogP contribution in [0.2, 0.25) is 5.02 Å². The molecule has 0 fully saturated rings. The average molecular weight is 392 g/mol. The number of anilines is 2. The van der Waals surface area contributed by atoms with Crippen LogP contribution in [-0.2, 0) is 6.42 Å². The molecule has 28 heavy (non-hydrogen) atoms. The predicted molar refractivity (Wildman–Crippen MR) is 111 cm³/mol. The zero-order valence-electron chi connectivity index (χ0n) is 15.2. The minimum absolute atomic E-state index is 0.163. The van der Waals surface area contributed by atoms with Gasteiger partial charge in [0.15, 0.2) is 0 Å². The van der Waals surface area contributed by atoms with Gasteiger partial charge in [-0.2, -0.15) is 4.98 Å². The van der Waals surface area contributed by atoms with Gasteiger partial charge in [-0.25, -0.2) is 9.67 Å². The number of nitrogen functional groups attached to an aromatic ring is 2. The predicted octanol–water partition coefficient (Wildman–Crippen LogP) is 3.77. The second-order valence-electron chi connectivity index (χ2n) is 6.22. The van der Waals surface area contributed by atoms with Gasteiger partial charge in [-0.3, -0.25) is 0 Å². The number of aryl methyl sites for hydroxylation is 1. The van der Waals surface area contributed by atoms with Gasteiger partial charge in [0.2, 0.25) is 5.95 Å². The first kappa shape index (κ1) is 17.9. The Labute approximate surface area is 167 Å². The Morgan fingerprint density at radius 3 is 2.54 bits per heavy atom. The molecular formula is C20H18ClN7. The number of benzene rings is 2. The molecule has 0 unspecified atom stereocenters. The van der Waals surface area contributed by atoms with Crippen LogP contribution >= 0.6 is 11.6 Å². The molecule has 0 aliphatic carbocycles. The molecule has 0 spiro atoms. The molecule has 0 saturated heterocycles. The minimum atomic E-state index is 0.163. The summed E-state index contributed by atoms with van der Waals surface area (Å²) in [6.45, 7) is 1.99. The van der Waals surface area contributed by atoms with E-state index in [1.54, 1.807) is 10.7 Å². The van der Waals surface area contributed by atoms with Crippen molar-refractivity contribution in [2.45, 2.75) is 13.3 Å². The molecule has 140 valence electrons. The van der Waals surface area contributed by atoms with Gasteiger partial charge >= 0.3 is 0 Å². The van der Waals surface area contributed by atoms with Crippen molar-refractivity contribution in [1.82, 2.24) is 25.0 Å². The SMILES string of the molecule is CCc1nc(N)nc(N)c1-c1ccc(Cl)c(-n2cc(-c3ccccc3)nn2)c1. The topological polar surface area (TPSA) is 109 Å². The number of halogens is 1. The molecule has 0 bridgehead atoms. The molecule has 4 aromatic rings. The molecule has 0 saturated carbocycles. The van der Waals surface area contributed by atoms with E-state index in [0.717, 1.165) is 28.1 Å². The van der Waals surface area contributed by atoms with Crippen molar-refractivity contribution in [2.75, 3.05) is 11.5 Å². The maximum Gasteiger partial charge on any atom is 0.222 e. The van der Waals surface area contributed by atoms with Crippen LogP contribution in [0.15, 0.2) is 54.7 Å². The van der Waals surface area contributed by atoms with E-state index in [2.05, 4.69) is 20.3 Å². The van der Waals surface area contributed by atoms with Gasteiger partial charge in [-0.1, -0.05) is 60.1 Å². The first-order valence-electron chi connectivity index (χ1n) is 8.76. The van der Waals surface area contributed by atoms with Crippen molar-refractivity contribution in [3.8, 4) is 28.1 Å². The van der Waals surface area contributed by atoms with E-state index < -0.39 is 0 Å². The van der Waals surface area contributed by atoms with Crippen molar-refractivity contribution in [3.05, 3.63) is 65.4 Å². The fourth-order valence-electron chi connectivity index (χ4n) is 3.08. The number of hydrogen-bond donors (Lipinski definition) is 2. The van der Waals surface area contributed by atoms with E-state index in [4.69, 9.17) is 23.1 Å². The Bertz CT molecular complexity index is 1140. The second-order valence-corrected chi connectivity index (χ2v) is 6.63. The normalized spacial score (nSPS) is 10.9. The summed E-state index contributed by atoms with van der Waals surface area (Å²) >= 11 is 6.44. The number of aromatic nitrogens is 5. The Kier molecular flexibility index (Phi) is 4.67. The molecule has 0 radical (unpaired) electrons. The van der Waals surface area contributed by atoms with Gasteiger partial charge < -0.3 is 11.5 Å². The Hall–Kier alpha value is -3.45. The van der Waals surface area contributed by atoms with Gasteiger partial charge in [0, 0.05) is 11.1 Å². The van der Waals surface area contributed by atoms with Crippen molar-refractivity contribution < 1.29 is 0 Å². The van der Waals surface area contributed by atoms with Crippen LogP contribution in [0, 0.1) is 0 Å². The van der Waals surface area contributed by atoms with Crippen LogP contribution in [0.4, 0.5) is 11.8 Å². The van der Waals surface area contributed by atoms with E-state index in [9.17, 15) is 0 Å². The molecule has 0 aliphatic rings. The third-order valence-corrected chi connectivity index (χ3v) is 4.73. The van der Waals surface area contributed by atoms with Gasteiger partial charge in [-0.15, -0.1) is 5.10 Å². The zero-order chi connectivity index (χ0) is 19.7. The Balaban J connectivity index is 1.81. The molecule has 0 amide bonds. The molecular weight excluding hydrogens is 374 g/mol. The smallest absolute Gasteiger partial charge is 0.222 e. The van der Waals surface area contributed by atoms with Crippen LogP contribution in [0.3, 0.4) is 0 Å². The van der Waals surface area contributed by atoms with Crippen molar-refractivity contribution in [2.24, 2.45) is 0 Å². The van der Waals surface area contributed by atoms with Crippen molar-refractivity contribution >= 4 is 23.4 Å². The van der Waals surface area contributed by atoms with E-state index in [-0.39, 0.29) is 5.95 Å². The van der Waals surface area contributed by atoms with Gasteiger partial charge in [0.25, 0.3) is 0 Å². The molecule has 4 rings (SSSR count). The molecule has 7 nitrogen and oxygen atoms in total. The highest BCUT2D eigenvalue weighted by molar-refractivity contribution is 6.32. The molecule has 0 atom stereocenters. The molecule has 4 N–H and O–H groups in total. The van der Waals surface area contributed by atoms with E-state index >= 15 is 0 Å². The number of hydrogen-bond acceptors (Lipinski definition) is 6. The van der Waals surface area contributed by atoms with Crippen LogP contribution in [0.25, 0.3) is 28.1 Å². The molecule has 2 aromatic carbocycles. The third kappa shape index (κ3) is 3.27. The highest BCUT2D eigenvalue weighted by Crippen LogP contribution is 2.33. The standard InChI is InChI=1S/C20H18ClN7/c1-2-15-18(19(22)25-20(23)24-15)13-8-9-14(21)17(10-13)28-11-16(26-27-28)12-6-4-3-5-7-12/h3-11H,2H2,1H3,(H4,22,23,24,25). The average Bonchev–Trinajstić information content (AvgIpc) is 3.19. The zero-order valence-corrected chi connectivity index (χ0v) is 15.9. The number of rotatable bonds is 4. The summed E-state index contributed by atoms with van der Waals surface area (Å²) in [6, 6.07) is 15.4. The van der Waals surface area contributed by atoms with Crippen LogP contribution in [0.5, 0.6) is 0 Å². The summed E-state index contributed by atoms with van der Waals surface area (Å²) in [6.07, 6.45) is 2.51. The van der Waals surface area contributed by atoms with Crippen LogP contribution in [0.1, 0.15) is 12.6 Å². The fraction of sp³-hybridized carbons (Fsp3) is 0.100. The summed E-state index contributed by atoms with van der Waals surface area (Å²) in [5.41, 5.74) is 16.7. The van der Waals surface area contributed by atoms with Crippen LogP contribution < -0.4 is 11.5 Å². The fourth-order valence-corrected chi connectivity index (χ4v) is 3.29. The summed E-state index contributed by atoms with van der Waals surface area (Å²) in [5, 5.41) is 9.04. The molecule has 8 heteroatoms. The lowest BCUT2D eigenvalue weighted by atomic mass is 10.0. The van der Waals surface area contributed by atoms with Gasteiger partial charge in [0.1, 0.15) is 11.5 Å². The quantitative estimate of drug-likeness (QED) is 0.548. The van der Waals surface area contributed by atoms with Crippen molar-refractivity contribution in [1.29, 1.82) is 0 Å². The molecule has 2 aromatic heterocycles. The number of nitrogens with zero attached hydrogens (tertiary/aromatic N) is 5. The van der Waals surface area contributed by atoms with E-state index in [1.165, 1.54) is 0 Å². The first-order valence-corrected chi connectivity index (χ1v) is 9.14. The molecule has 2 heterocycles. The monoisotopic (exact) mass is 391 g/mol. The maximum atomic E-state index is 6.44. The van der Waals surface area contributed by atoms with Gasteiger partial charge in [0.05, 0.1) is 22.6 Å². The van der Waals surface area contributed by atoms with Crippen LogP contribution in [-0.4, -0.2) is 25.0 Å². The van der Waals surface area contributed by atoms with E-state index in [0.29, 0.717) is 22.9 Å². The Morgan fingerprint density at radius 1 is 1.00 bits per heavy atom. The van der Waals surface area contributed by atoms with E-state index in [1.807, 2.05) is 55.6 Å². The maximum absolute atomic E-state index is 6.44. The summed E-state index contributed by atoms with van der Waals surface area (Å²) in [5.74, 6) is 0.497. The first-order chi connectivity index (χ1) is 13.6. The number of nitrogens with two attached hydrogens (primary N) is 2. The highest BCUT2D eigenvalue weighted by atomic mass is 35.5. The highest BCUT2D eigenvalue weighted by Gasteiger charge is 2.15. The lowest BCUT2D eigenvalue weighted by molar-refractivity contribution is 0.804. The lowest BCUT2D eigenvalue weighted by Crippen LogP contribution is -2.06.